The number of likely N-dealkylation sites (tertiary alicyclic amines) is 1. The van der Waals surface area contributed by atoms with E-state index in [2.05, 4.69) is 40.5 Å². The van der Waals surface area contributed by atoms with Gasteiger partial charge in [0.2, 0.25) is 0 Å². The number of nitrogens with zero attached hydrogens (tertiary/aromatic N) is 1. The summed E-state index contributed by atoms with van der Waals surface area (Å²) in [7, 11) is 0. The third-order valence-electron chi connectivity index (χ3n) is 5.08. The van der Waals surface area contributed by atoms with E-state index in [-0.39, 0.29) is 0 Å². The molecule has 1 N–H and O–H groups in total. The van der Waals surface area contributed by atoms with Crippen molar-refractivity contribution in [2.75, 3.05) is 32.8 Å². The van der Waals surface area contributed by atoms with Crippen LogP contribution in [-0.2, 0) is 11.3 Å². The van der Waals surface area contributed by atoms with Gasteiger partial charge in [-0.2, -0.15) is 0 Å². The maximum atomic E-state index is 5.63. The second-order valence-electron chi connectivity index (χ2n) is 6.47. The molecule has 0 radical (unpaired) electrons. The predicted octanol–water partition coefficient (Wildman–Crippen LogP) is 2.81. The Morgan fingerprint density at radius 2 is 1.71 bits per heavy atom. The zero-order valence-electron chi connectivity index (χ0n) is 13.0. The standard InChI is InChI=1S/C18H28N2O/c1-3-7-17(8-4-1)15-19-16-18(9-13-21-14-10-18)20-11-5-2-6-12-20/h1,3-4,7-8,19H,2,5-6,9-16H2. The highest BCUT2D eigenvalue weighted by molar-refractivity contribution is 5.14. The minimum atomic E-state index is 0.327. The first-order valence-corrected chi connectivity index (χ1v) is 8.47. The molecule has 0 bridgehead atoms. The van der Waals surface area contributed by atoms with Gasteiger partial charge < -0.3 is 10.1 Å². The van der Waals surface area contributed by atoms with E-state index in [0.29, 0.717) is 5.54 Å². The van der Waals surface area contributed by atoms with E-state index in [0.717, 1.165) is 26.3 Å². The molecule has 0 saturated carbocycles. The van der Waals surface area contributed by atoms with Gasteiger partial charge in [0.1, 0.15) is 0 Å². The van der Waals surface area contributed by atoms with Crippen molar-refractivity contribution < 1.29 is 4.74 Å². The quantitative estimate of drug-likeness (QED) is 0.901. The first kappa shape index (κ1) is 15.0. The zero-order valence-corrected chi connectivity index (χ0v) is 13.0. The molecule has 2 heterocycles. The maximum Gasteiger partial charge on any atom is 0.0484 e. The molecule has 0 atom stereocenters. The van der Waals surface area contributed by atoms with Crippen LogP contribution in [0.3, 0.4) is 0 Å². The molecule has 0 spiro atoms. The number of rotatable bonds is 5. The van der Waals surface area contributed by atoms with Crippen LogP contribution in [-0.4, -0.2) is 43.3 Å². The van der Waals surface area contributed by atoms with Crippen LogP contribution in [0.1, 0.15) is 37.7 Å². The molecule has 1 aromatic rings. The minimum absolute atomic E-state index is 0.327. The molecule has 2 aliphatic rings. The third kappa shape index (κ3) is 3.85. The van der Waals surface area contributed by atoms with Crippen molar-refractivity contribution in [2.24, 2.45) is 0 Å². The Bertz CT molecular complexity index is 408. The summed E-state index contributed by atoms with van der Waals surface area (Å²) < 4.78 is 5.63. The first-order chi connectivity index (χ1) is 10.4. The van der Waals surface area contributed by atoms with Crippen LogP contribution < -0.4 is 5.32 Å². The van der Waals surface area contributed by atoms with Gasteiger partial charge in [-0.25, -0.2) is 0 Å². The van der Waals surface area contributed by atoms with Crippen LogP contribution in [0.25, 0.3) is 0 Å². The van der Waals surface area contributed by atoms with Crippen molar-refractivity contribution in [2.45, 2.75) is 44.2 Å². The van der Waals surface area contributed by atoms with Crippen molar-refractivity contribution in [3.8, 4) is 0 Å². The summed E-state index contributed by atoms with van der Waals surface area (Å²) in [6, 6.07) is 10.7. The average Bonchev–Trinajstić information content (AvgIpc) is 2.58. The lowest BCUT2D eigenvalue weighted by Crippen LogP contribution is -2.59. The van der Waals surface area contributed by atoms with Gasteiger partial charge in [-0.05, 0) is 44.3 Å². The fraction of sp³-hybridized carbons (Fsp3) is 0.667. The molecular formula is C18H28N2O. The fourth-order valence-electron chi connectivity index (χ4n) is 3.76. The Kier molecular flexibility index (Phi) is 5.28. The number of benzene rings is 1. The van der Waals surface area contributed by atoms with E-state index in [9.17, 15) is 0 Å². The summed E-state index contributed by atoms with van der Waals surface area (Å²) in [5, 5.41) is 3.71. The molecule has 0 unspecified atom stereocenters. The van der Waals surface area contributed by atoms with Crippen molar-refractivity contribution in [3.05, 3.63) is 35.9 Å². The summed E-state index contributed by atoms with van der Waals surface area (Å²) >= 11 is 0. The largest absolute Gasteiger partial charge is 0.381 e. The van der Waals surface area contributed by atoms with E-state index in [4.69, 9.17) is 4.74 Å². The number of ether oxygens (including phenoxy) is 1. The Balaban J connectivity index is 1.59. The van der Waals surface area contributed by atoms with Gasteiger partial charge in [0, 0.05) is 31.8 Å². The maximum absolute atomic E-state index is 5.63. The molecule has 21 heavy (non-hydrogen) atoms. The van der Waals surface area contributed by atoms with Crippen LogP contribution in [0.2, 0.25) is 0 Å². The van der Waals surface area contributed by atoms with Crippen LogP contribution in [0.5, 0.6) is 0 Å². The lowest BCUT2D eigenvalue weighted by molar-refractivity contribution is -0.0358. The monoisotopic (exact) mass is 288 g/mol. The summed E-state index contributed by atoms with van der Waals surface area (Å²) in [6.07, 6.45) is 6.48. The Labute approximate surface area is 128 Å². The highest BCUT2D eigenvalue weighted by Crippen LogP contribution is 2.30. The number of piperidine rings is 1. The van der Waals surface area contributed by atoms with E-state index >= 15 is 0 Å². The Morgan fingerprint density at radius 1 is 1.00 bits per heavy atom. The van der Waals surface area contributed by atoms with E-state index < -0.39 is 0 Å². The Hall–Kier alpha value is -0.900. The molecule has 3 rings (SSSR count). The summed E-state index contributed by atoms with van der Waals surface area (Å²) in [5.74, 6) is 0. The fourth-order valence-corrected chi connectivity index (χ4v) is 3.76. The molecule has 0 aliphatic carbocycles. The second kappa shape index (κ2) is 7.39. The van der Waals surface area contributed by atoms with E-state index in [1.165, 1.54) is 50.8 Å². The molecule has 2 aliphatic heterocycles. The van der Waals surface area contributed by atoms with Gasteiger partial charge in [0.15, 0.2) is 0 Å². The predicted molar refractivity (Wildman–Crippen MR) is 86.4 cm³/mol. The highest BCUT2D eigenvalue weighted by atomic mass is 16.5. The number of hydrogen-bond acceptors (Lipinski definition) is 3. The van der Waals surface area contributed by atoms with Gasteiger partial charge in [0.05, 0.1) is 0 Å². The molecule has 0 amide bonds. The Morgan fingerprint density at radius 3 is 2.43 bits per heavy atom. The molecule has 1 aromatic carbocycles. The summed E-state index contributed by atoms with van der Waals surface area (Å²) in [6.45, 7) is 6.44. The van der Waals surface area contributed by atoms with Gasteiger partial charge in [-0.15, -0.1) is 0 Å². The SMILES string of the molecule is c1ccc(CNCC2(N3CCCCC3)CCOCC2)cc1. The van der Waals surface area contributed by atoms with Crippen molar-refractivity contribution in [3.63, 3.8) is 0 Å². The highest BCUT2D eigenvalue weighted by Gasteiger charge is 2.38. The van der Waals surface area contributed by atoms with Crippen LogP contribution in [0.15, 0.2) is 30.3 Å². The van der Waals surface area contributed by atoms with Crippen LogP contribution >= 0.6 is 0 Å². The summed E-state index contributed by atoms with van der Waals surface area (Å²) in [4.78, 5) is 2.75. The minimum Gasteiger partial charge on any atom is -0.381 e. The molecule has 3 heteroatoms. The van der Waals surface area contributed by atoms with Crippen LogP contribution in [0.4, 0.5) is 0 Å². The van der Waals surface area contributed by atoms with Gasteiger partial charge >= 0.3 is 0 Å². The zero-order chi connectivity index (χ0) is 14.4. The first-order valence-electron chi connectivity index (χ1n) is 8.47. The molecular weight excluding hydrogens is 260 g/mol. The molecule has 3 nitrogen and oxygen atoms in total. The van der Waals surface area contributed by atoms with Crippen molar-refractivity contribution >= 4 is 0 Å². The lowest BCUT2D eigenvalue weighted by Gasteiger charge is -2.48. The smallest absolute Gasteiger partial charge is 0.0484 e. The number of nitrogens with one attached hydrogen (secondary N) is 1. The third-order valence-corrected chi connectivity index (χ3v) is 5.08. The molecule has 2 saturated heterocycles. The lowest BCUT2D eigenvalue weighted by atomic mass is 9.86. The molecule has 2 fully saturated rings. The number of hydrogen-bond donors (Lipinski definition) is 1. The normalized spacial score (nSPS) is 23.0. The average molecular weight is 288 g/mol. The second-order valence-corrected chi connectivity index (χ2v) is 6.47. The summed E-state index contributed by atoms with van der Waals surface area (Å²) in [5.41, 5.74) is 1.70. The van der Waals surface area contributed by atoms with Gasteiger partial charge in [-0.1, -0.05) is 36.8 Å². The van der Waals surface area contributed by atoms with Crippen molar-refractivity contribution in [1.82, 2.24) is 10.2 Å². The molecule has 0 aromatic heterocycles. The van der Waals surface area contributed by atoms with Crippen LogP contribution in [0, 0.1) is 0 Å². The van der Waals surface area contributed by atoms with E-state index in [1.54, 1.807) is 0 Å². The molecule has 116 valence electrons. The van der Waals surface area contributed by atoms with E-state index in [1.807, 2.05) is 0 Å². The van der Waals surface area contributed by atoms with Gasteiger partial charge in [0.25, 0.3) is 0 Å². The van der Waals surface area contributed by atoms with Gasteiger partial charge in [-0.3, -0.25) is 4.90 Å². The topological polar surface area (TPSA) is 24.5 Å². The van der Waals surface area contributed by atoms with Crippen molar-refractivity contribution in [1.29, 1.82) is 0 Å².